The highest BCUT2D eigenvalue weighted by Gasteiger charge is 2.12. The molecule has 0 aliphatic rings. The van der Waals surface area contributed by atoms with Crippen LogP contribution < -0.4 is 11.1 Å². The van der Waals surface area contributed by atoms with Gasteiger partial charge in [0.25, 0.3) is 0 Å². The van der Waals surface area contributed by atoms with Crippen LogP contribution in [0.5, 0.6) is 0 Å². The molecule has 0 aliphatic heterocycles. The van der Waals surface area contributed by atoms with Gasteiger partial charge in [-0.3, -0.25) is 0 Å². The Balaban J connectivity index is 2.94. The van der Waals surface area contributed by atoms with Crippen molar-refractivity contribution >= 4 is 22.9 Å². The number of nitrogens with two attached hydrogens (primary N) is 1. The molecule has 0 radical (unpaired) electrons. The van der Waals surface area contributed by atoms with Crippen molar-refractivity contribution in [1.82, 2.24) is 0 Å². The maximum absolute atomic E-state index is 5.76. The van der Waals surface area contributed by atoms with E-state index in [4.69, 9.17) is 18.0 Å². The Kier molecular flexibility index (Phi) is 4.94. The van der Waals surface area contributed by atoms with E-state index >= 15 is 0 Å². The Morgan fingerprint density at radius 2 is 2.06 bits per heavy atom. The van der Waals surface area contributed by atoms with Crippen LogP contribution in [0.4, 0.5) is 5.69 Å². The molecular formula is C14H22N2S. The Morgan fingerprint density at radius 3 is 2.59 bits per heavy atom. The lowest BCUT2D eigenvalue weighted by Crippen LogP contribution is -2.25. The summed E-state index contributed by atoms with van der Waals surface area (Å²) in [4.78, 5) is 0.451. The van der Waals surface area contributed by atoms with Crippen molar-refractivity contribution in [3.05, 3.63) is 29.3 Å². The molecule has 2 atom stereocenters. The van der Waals surface area contributed by atoms with Crippen molar-refractivity contribution in [2.75, 3.05) is 5.32 Å². The molecule has 0 spiro atoms. The van der Waals surface area contributed by atoms with Gasteiger partial charge in [0.15, 0.2) is 0 Å². The number of thiocarbonyl (C=S) groups is 1. The van der Waals surface area contributed by atoms with E-state index in [0.717, 1.165) is 17.7 Å². The summed E-state index contributed by atoms with van der Waals surface area (Å²) in [5.41, 5.74) is 8.91. The molecule has 17 heavy (non-hydrogen) atoms. The number of nitrogens with one attached hydrogen (secondary N) is 1. The van der Waals surface area contributed by atoms with Crippen LogP contribution in [-0.4, -0.2) is 11.0 Å². The topological polar surface area (TPSA) is 38.0 Å². The average molecular weight is 250 g/mol. The largest absolute Gasteiger partial charge is 0.389 e. The first-order valence-corrected chi connectivity index (χ1v) is 6.53. The van der Waals surface area contributed by atoms with Crippen LogP contribution in [0.3, 0.4) is 0 Å². The second kappa shape index (κ2) is 6.01. The van der Waals surface area contributed by atoms with Crippen LogP contribution in [0.1, 0.15) is 38.3 Å². The van der Waals surface area contributed by atoms with Crippen LogP contribution in [0.2, 0.25) is 0 Å². The average Bonchev–Trinajstić information content (AvgIpc) is 2.29. The molecule has 0 amide bonds. The Hall–Kier alpha value is -1.09. The summed E-state index contributed by atoms with van der Waals surface area (Å²) in [7, 11) is 0. The quantitative estimate of drug-likeness (QED) is 0.786. The van der Waals surface area contributed by atoms with Crippen molar-refractivity contribution in [3.8, 4) is 0 Å². The zero-order valence-electron chi connectivity index (χ0n) is 11.1. The van der Waals surface area contributed by atoms with Crippen LogP contribution >= 0.6 is 12.2 Å². The number of hydrogen-bond donors (Lipinski definition) is 2. The Labute approximate surface area is 110 Å². The molecule has 1 rings (SSSR count). The summed E-state index contributed by atoms with van der Waals surface area (Å²) >= 11 is 5.09. The fraction of sp³-hybridized carbons (Fsp3) is 0.500. The first-order chi connectivity index (χ1) is 7.95. The minimum atomic E-state index is 0.413. The Bertz CT molecular complexity index is 401. The summed E-state index contributed by atoms with van der Waals surface area (Å²) in [6.45, 7) is 8.68. The summed E-state index contributed by atoms with van der Waals surface area (Å²) in [6, 6.07) is 6.58. The van der Waals surface area contributed by atoms with Crippen molar-refractivity contribution in [2.45, 2.75) is 40.2 Å². The van der Waals surface area contributed by atoms with E-state index in [2.05, 4.69) is 38.2 Å². The molecule has 0 saturated heterocycles. The smallest absolute Gasteiger partial charge is 0.106 e. The minimum absolute atomic E-state index is 0.413. The van der Waals surface area contributed by atoms with Crippen molar-refractivity contribution in [3.63, 3.8) is 0 Å². The third kappa shape index (κ3) is 3.70. The van der Waals surface area contributed by atoms with Crippen molar-refractivity contribution in [2.24, 2.45) is 11.7 Å². The van der Waals surface area contributed by atoms with Gasteiger partial charge < -0.3 is 11.1 Å². The van der Waals surface area contributed by atoms with Crippen LogP contribution in [0.25, 0.3) is 0 Å². The molecule has 94 valence electrons. The third-order valence-corrected chi connectivity index (χ3v) is 3.54. The molecule has 2 nitrogen and oxygen atoms in total. The maximum Gasteiger partial charge on any atom is 0.106 e. The first-order valence-electron chi connectivity index (χ1n) is 6.12. The predicted octanol–water partition coefficient (Wildman–Crippen LogP) is 3.48. The summed E-state index contributed by atoms with van der Waals surface area (Å²) < 4.78 is 0. The molecule has 0 fully saturated rings. The maximum atomic E-state index is 5.76. The Morgan fingerprint density at radius 1 is 1.41 bits per heavy atom. The summed E-state index contributed by atoms with van der Waals surface area (Å²) in [5.74, 6) is 0.621. The van der Waals surface area contributed by atoms with Crippen LogP contribution in [0, 0.1) is 12.8 Å². The predicted molar refractivity (Wildman–Crippen MR) is 79.6 cm³/mol. The van der Waals surface area contributed by atoms with E-state index in [1.165, 1.54) is 5.56 Å². The van der Waals surface area contributed by atoms with Gasteiger partial charge in [-0.2, -0.15) is 0 Å². The molecular weight excluding hydrogens is 228 g/mol. The number of hydrogen-bond acceptors (Lipinski definition) is 2. The lowest BCUT2D eigenvalue weighted by atomic mass is 10.00. The molecule has 0 bridgehead atoms. The van der Waals surface area contributed by atoms with Gasteiger partial charge in [0.2, 0.25) is 0 Å². The van der Waals surface area contributed by atoms with Gasteiger partial charge in [-0.25, -0.2) is 0 Å². The molecule has 3 heteroatoms. The lowest BCUT2D eigenvalue weighted by molar-refractivity contribution is 0.494. The number of aryl methyl sites for hydroxylation is 1. The molecule has 0 aliphatic carbocycles. The highest BCUT2D eigenvalue weighted by atomic mass is 32.1. The summed E-state index contributed by atoms with van der Waals surface area (Å²) in [6.07, 6.45) is 1.16. The second-order valence-corrected chi connectivity index (χ2v) is 5.17. The number of anilines is 1. The first kappa shape index (κ1) is 14.0. The zero-order chi connectivity index (χ0) is 13.0. The van der Waals surface area contributed by atoms with Gasteiger partial charge in [-0.05, 0) is 31.9 Å². The van der Waals surface area contributed by atoms with E-state index < -0.39 is 0 Å². The fourth-order valence-electron chi connectivity index (χ4n) is 1.73. The molecule has 2 unspecified atom stereocenters. The number of benzene rings is 1. The highest BCUT2D eigenvalue weighted by Crippen LogP contribution is 2.20. The molecule has 0 aromatic heterocycles. The van der Waals surface area contributed by atoms with Crippen LogP contribution in [-0.2, 0) is 0 Å². The number of rotatable bonds is 5. The summed E-state index contributed by atoms with van der Waals surface area (Å²) in [5, 5.41) is 3.50. The van der Waals surface area contributed by atoms with Crippen LogP contribution in [0.15, 0.2) is 18.2 Å². The SMILES string of the molecule is CCC(C)C(C)Nc1ccc(C)cc1C(N)=S. The van der Waals surface area contributed by atoms with E-state index in [1.807, 2.05) is 13.0 Å². The third-order valence-electron chi connectivity index (χ3n) is 3.32. The zero-order valence-corrected chi connectivity index (χ0v) is 11.9. The van der Waals surface area contributed by atoms with Gasteiger partial charge >= 0.3 is 0 Å². The molecule has 1 aromatic rings. The van der Waals surface area contributed by atoms with Gasteiger partial charge in [-0.15, -0.1) is 0 Å². The van der Waals surface area contributed by atoms with E-state index in [1.54, 1.807) is 0 Å². The van der Waals surface area contributed by atoms with E-state index in [-0.39, 0.29) is 0 Å². The normalized spacial score (nSPS) is 14.1. The highest BCUT2D eigenvalue weighted by molar-refractivity contribution is 7.80. The monoisotopic (exact) mass is 250 g/mol. The van der Waals surface area contributed by atoms with Gasteiger partial charge in [0.05, 0.1) is 0 Å². The van der Waals surface area contributed by atoms with Gasteiger partial charge in [0, 0.05) is 17.3 Å². The fourth-order valence-corrected chi connectivity index (χ4v) is 1.90. The standard InChI is InChI=1S/C14H22N2S/c1-5-10(3)11(4)16-13-7-6-9(2)8-12(13)14(15)17/h6-8,10-11,16H,5H2,1-4H3,(H2,15,17). The molecule has 1 aromatic carbocycles. The molecule has 0 heterocycles. The van der Waals surface area contributed by atoms with Gasteiger partial charge in [0.1, 0.15) is 4.99 Å². The molecule has 3 N–H and O–H groups in total. The minimum Gasteiger partial charge on any atom is -0.389 e. The van der Waals surface area contributed by atoms with Crippen molar-refractivity contribution in [1.29, 1.82) is 0 Å². The van der Waals surface area contributed by atoms with E-state index in [0.29, 0.717) is 16.9 Å². The lowest BCUT2D eigenvalue weighted by Gasteiger charge is -2.23. The van der Waals surface area contributed by atoms with E-state index in [9.17, 15) is 0 Å². The second-order valence-electron chi connectivity index (χ2n) is 4.73. The van der Waals surface area contributed by atoms with Gasteiger partial charge in [-0.1, -0.05) is 44.1 Å². The van der Waals surface area contributed by atoms with Crippen molar-refractivity contribution < 1.29 is 0 Å². The molecule has 0 saturated carbocycles.